The molecule has 1 amide bonds. The fourth-order valence-corrected chi connectivity index (χ4v) is 5.61. The number of ether oxygens (including phenoxy) is 1. The Hall–Kier alpha value is -0.810. The minimum atomic E-state index is -1.08. The van der Waals surface area contributed by atoms with E-state index in [1.54, 1.807) is 4.90 Å². The number of carbonyl (C=O) groups excluding carboxylic acids is 1. The van der Waals surface area contributed by atoms with E-state index >= 15 is 0 Å². The molecule has 0 radical (unpaired) electrons. The van der Waals surface area contributed by atoms with E-state index in [0.29, 0.717) is 13.0 Å². The van der Waals surface area contributed by atoms with Crippen molar-refractivity contribution in [2.24, 2.45) is 16.2 Å². The molecule has 2 N–H and O–H groups in total. The lowest BCUT2D eigenvalue weighted by Crippen LogP contribution is -2.58. The summed E-state index contributed by atoms with van der Waals surface area (Å²) in [5.74, 6) is 0. The van der Waals surface area contributed by atoms with Crippen molar-refractivity contribution in [1.82, 2.24) is 4.90 Å². The first-order chi connectivity index (χ1) is 11.1. The van der Waals surface area contributed by atoms with Gasteiger partial charge in [0.15, 0.2) is 0 Å². The van der Waals surface area contributed by atoms with Gasteiger partial charge in [-0.05, 0) is 57.3 Å². The molecule has 1 heterocycles. The smallest absolute Gasteiger partial charge is 0.410 e. The lowest BCUT2D eigenvalue weighted by atomic mass is 9.50. The van der Waals surface area contributed by atoms with Crippen molar-refractivity contribution in [2.75, 3.05) is 19.7 Å². The van der Waals surface area contributed by atoms with Gasteiger partial charge in [0.05, 0.1) is 18.8 Å². The normalized spacial score (nSPS) is 31.0. The van der Waals surface area contributed by atoms with Crippen molar-refractivity contribution >= 4 is 6.09 Å². The highest BCUT2D eigenvalue weighted by Crippen LogP contribution is 2.59. The summed E-state index contributed by atoms with van der Waals surface area (Å²) in [6.45, 7) is 15.0. The summed E-state index contributed by atoms with van der Waals surface area (Å²) in [7, 11) is 0. The molecule has 2 fully saturated rings. The van der Waals surface area contributed by atoms with Crippen molar-refractivity contribution in [3.05, 3.63) is 0 Å². The molecular formula is C20H37NO4. The highest BCUT2D eigenvalue weighted by molar-refractivity contribution is 5.68. The largest absolute Gasteiger partial charge is 0.444 e. The lowest BCUT2D eigenvalue weighted by molar-refractivity contribution is -0.163. The third-order valence-electron chi connectivity index (χ3n) is 5.78. The Labute approximate surface area is 152 Å². The van der Waals surface area contributed by atoms with E-state index in [-0.39, 0.29) is 30.1 Å². The van der Waals surface area contributed by atoms with Gasteiger partial charge in [-0.25, -0.2) is 4.79 Å². The van der Waals surface area contributed by atoms with Crippen molar-refractivity contribution in [3.8, 4) is 0 Å². The summed E-state index contributed by atoms with van der Waals surface area (Å²) < 4.78 is 5.46. The molecule has 1 atom stereocenters. The van der Waals surface area contributed by atoms with Crippen LogP contribution in [-0.4, -0.2) is 52.1 Å². The zero-order valence-electron chi connectivity index (χ0n) is 17.1. The highest BCUT2D eigenvalue weighted by atomic mass is 16.6. The van der Waals surface area contributed by atoms with Crippen LogP contribution in [0.4, 0.5) is 4.79 Å². The Balaban J connectivity index is 2.24. The second-order valence-electron chi connectivity index (χ2n) is 11.0. The number of amides is 1. The second-order valence-corrected chi connectivity index (χ2v) is 11.0. The predicted octanol–water partition coefficient (Wildman–Crippen LogP) is 3.57. The average molecular weight is 356 g/mol. The number of aliphatic hydroxyl groups excluding tert-OH is 1. The van der Waals surface area contributed by atoms with Gasteiger partial charge < -0.3 is 19.8 Å². The standard InChI is InChI=1S/C20H37NO4/c1-16(2,3)25-15(23)21-9-8-20(24,13-21)19(14-22)11-17(4,5)10-18(6,7)12-19/h22,24H,8-14H2,1-7H3. The summed E-state index contributed by atoms with van der Waals surface area (Å²) >= 11 is 0. The van der Waals surface area contributed by atoms with Gasteiger partial charge in [-0.3, -0.25) is 0 Å². The molecule has 0 aromatic carbocycles. The highest BCUT2D eigenvalue weighted by Gasteiger charge is 2.60. The van der Waals surface area contributed by atoms with Crippen LogP contribution >= 0.6 is 0 Å². The van der Waals surface area contributed by atoms with E-state index in [1.807, 2.05) is 20.8 Å². The van der Waals surface area contributed by atoms with Gasteiger partial charge in [0.1, 0.15) is 5.60 Å². The summed E-state index contributed by atoms with van der Waals surface area (Å²) in [6.07, 6.45) is 2.69. The number of carbonyl (C=O) groups is 1. The zero-order valence-corrected chi connectivity index (χ0v) is 17.1. The summed E-state index contributed by atoms with van der Waals surface area (Å²) in [5, 5.41) is 21.9. The van der Waals surface area contributed by atoms with Crippen LogP contribution in [0.3, 0.4) is 0 Å². The Bertz CT molecular complexity index is 504. The van der Waals surface area contributed by atoms with Crippen LogP contribution in [0, 0.1) is 16.2 Å². The summed E-state index contributed by atoms with van der Waals surface area (Å²) in [4.78, 5) is 14.0. The number of β-amino-alcohol motifs (C(OH)–C–C–N with tert-alkyl or cyclic N) is 1. The van der Waals surface area contributed by atoms with Crippen LogP contribution in [0.15, 0.2) is 0 Å². The Morgan fingerprint density at radius 3 is 2.04 bits per heavy atom. The molecule has 2 aliphatic rings. The van der Waals surface area contributed by atoms with Crippen LogP contribution in [0.2, 0.25) is 0 Å². The van der Waals surface area contributed by atoms with E-state index in [0.717, 1.165) is 19.3 Å². The Morgan fingerprint density at radius 2 is 1.60 bits per heavy atom. The molecule has 1 aliphatic carbocycles. The quantitative estimate of drug-likeness (QED) is 0.794. The molecule has 5 heteroatoms. The van der Waals surface area contributed by atoms with Crippen LogP contribution < -0.4 is 0 Å². The first-order valence-corrected chi connectivity index (χ1v) is 9.44. The summed E-state index contributed by atoms with van der Waals surface area (Å²) in [5.41, 5.74) is -2.14. The Kier molecular flexibility index (Phi) is 5.02. The van der Waals surface area contributed by atoms with Crippen molar-refractivity contribution in [1.29, 1.82) is 0 Å². The van der Waals surface area contributed by atoms with Gasteiger partial charge in [0, 0.05) is 12.0 Å². The SMILES string of the molecule is CC1(C)CC(C)(C)CC(CO)(C2(O)CCN(C(=O)OC(C)(C)C)C2)C1. The van der Waals surface area contributed by atoms with Gasteiger partial charge in [0.2, 0.25) is 0 Å². The molecule has 2 rings (SSSR count). The van der Waals surface area contributed by atoms with Gasteiger partial charge in [-0.15, -0.1) is 0 Å². The molecule has 0 bridgehead atoms. The molecule has 0 aromatic heterocycles. The van der Waals surface area contributed by atoms with Crippen LogP contribution in [0.1, 0.15) is 74.1 Å². The number of likely N-dealkylation sites (tertiary alicyclic amines) is 1. The summed E-state index contributed by atoms with van der Waals surface area (Å²) in [6, 6.07) is 0. The number of hydrogen-bond acceptors (Lipinski definition) is 4. The zero-order chi connectivity index (χ0) is 19.3. The van der Waals surface area contributed by atoms with E-state index in [1.165, 1.54) is 0 Å². The lowest BCUT2D eigenvalue weighted by Gasteiger charge is -2.56. The molecule has 1 unspecified atom stereocenters. The number of aliphatic hydroxyl groups is 2. The first-order valence-electron chi connectivity index (χ1n) is 9.44. The third-order valence-corrected chi connectivity index (χ3v) is 5.78. The number of rotatable bonds is 2. The maximum atomic E-state index is 12.4. The molecule has 1 saturated heterocycles. The van der Waals surface area contributed by atoms with Crippen LogP contribution in [-0.2, 0) is 4.74 Å². The molecular weight excluding hydrogens is 318 g/mol. The maximum Gasteiger partial charge on any atom is 0.410 e. The van der Waals surface area contributed by atoms with Gasteiger partial charge in [-0.2, -0.15) is 0 Å². The van der Waals surface area contributed by atoms with E-state index in [4.69, 9.17) is 4.74 Å². The Morgan fingerprint density at radius 1 is 1.08 bits per heavy atom. The molecule has 25 heavy (non-hydrogen) atoms. The van der Waals surface area contributed by atoms with Crippen molar-refractivity contribution < 1.29 is 19.7 Å². The minimum absolute atomic E-state index is 0.0412. The molecule has 1 saturated carbocycles. The average Bonchev–Trinajstić information content (AvgIpc) is 2.77. The maximum absolute atomic E-state index is 12.4. The number of nitrogens with zero attached hydrogens (tertiary/aromatic N) is 1. The monoisotopic (exact) mass is 355 g/mol. The third kappa shape index (κ3) is 4.30. The van der Waals surface area contributed by atoms with Crippen molar-refractivity contribution in [2.45, 2.75) is 85.4 Å². The van der Waals surface area contributed by atoms with E-state index < -0.39 is 16.6 Å². The minimum Gasteiger partial charge on any atom is -0.444 e. The fourth-order valence-electron chi connectivity index (χ4n) is 5.61. The second kappa shape index (κ2) is 6.12. The topological polar surface area (TPSA) is 70.0 Å². The van der Waals surface area contributed by atoms with Crippen LogP contribution in [0.25, 0.3) is 0 Å². The first kappa shape index (κ1) is 20.5. The van der Waals surface area contributed by atoms with E-state index in [9.17, 15) is 15.0 Å². The van der Waals surface area contributed by atoms with E-state index in [2.05, 4.69) is 27.7 Å². The molecule has 0 aromatic rings. The molecule has 146 valence electrons. The van der Waals surface area contributed by atoms with Crippen molar-refractivity contribution in [3.63, 3.8) is 0 Å². The molecule has 1 aliphatic heterocycles. The number of hydrogen-bond donors (Lipinski definition) is 2. The van der Waals surface area contributed by atoms with Gasteiger partial charge >= 0.3 is 6.09 Å². The fraction of sp³-hybridized carbons (Fsp3) is 0.950. The molecule has 5 nitrogen and oxygen atoms in total. The molecule has 0 spiro atoms. The van der Waals surface area contributed by atoms with Gasteiger partial charge in [0.25, 0.3) is 0 Å². The predicted molar refractivity (Wildman–Crippen MR) is 98.3 cm³/mol. The van der Waals surface area contributed by atoms with Crippen LogP contribution in [0.5, 0.6) is 0 Å². The van der Waals surface area contributed by atoms with Gasteiger partial charge in [-0.1, -0.05) is 27.7 Å².